The lowest BCUT2D eigenvalue weighted by Crippen LogP contribution is -2.16. The van der Waals surface area contributed by atoms with Gasteiger partial charge in [-0.3, -0.25) is 4.79 Å². The van der Waals surface area contributed by atoms with Crippen molar-refractivity contribution in [2.45, 2.75) is 40.5 Å². The SMILES string of the molecule is Cc1cccc(-c2nc(C(=O)Nc3ccc(Br)cc3C(C)C)nn2-c2cc(C)ccc2C)c1. The first-order valence-electron chi connectivity index (χ1n) is 11.0. The lowest BCUT2D eigenvalue weighted by molar-refractivity contribution is 0.101. The first-order valence-corrected chi connectivity index (χ1v) is 11.7. The number of hydrogen-bond acceptors (Lipinski definition) is 3. The van der Waals surface area contributed by atoms with Crippen molar-refractivity contribution in [2.75, 3.05) is 5.32 Å². The quantitative estimate of drug-likeness (QED) is 0.319. The molecule has 0 spiro atoms. The predicted octanol–water partition coefficient (Wildman–Crippen LogP) is 7.00. The van der Waals surface area contributed by atoms with Crippen LogP contribution in [0, 0.1) is 20.8 Å². The second-order valence-corrected chi connectivity index (χ2v) is 9.59. The summed E-state index contributed by atoms with van der Waals surface area (Å²) in [6.45, 7) is 10.3. The number of aryl methyl sites for hydroxylation is 3. The first kappa shape index (κ1) is 22.9. The van der Waals surface area contributed by atoms with E-state index in [9.17, 15) is 4.79 Å². The summed E-state index contributed by atoms with van der Waals surface area (Å²) in [6, 6.07) is 20.1. The van der Waals surface area contributed by atoms with Crippen molar-refractivity contribution in [1.82, 2.24) is 14.8 Å². The molecule has 1 N–H and O–H groups in total. The van der Waals surface area contributed by atoms with Crippen LogP contribution in [0.4, 0.5) is 5.69 Å². The summed E-state index contributed by atoms with van der Waals surface area (Å²) >= 11 is 3.52. The van der Waals surface area contributed by atoms with Gasteiger partial charge in [-0.25, -0.2) is 9.67 Å². The summed E-state index contributed by atoms with van der Waals surface area (Å²) in [5.74, 6) is 0.681. The molecule has 0 bridgehead atoms. The topological polar surface area (TPSA) is 59.8 Å². The lowest BCUT2D eigenvalue weighted by atomic mass is 10.0. The van der Waals surface area contributed by atoms with E-state index in [0.717, 1.165) is 43.7 Å². The Morgan fingerprint density at radius 2 is 1.73 bits per heavy atom. The van der Waals surface area contributed by atoms with Crippen molar-refractivity contribution in [3.8, 4) is 17.1 Å². The lowest BCUT2D eigenvalue weighted by Gasteiger charge is -2.13. The Bertz CT molecular complexity index is 1340. The molecule has 1 amide bonds. The molecule has 0 fully saturated rings. The summed E-state index contributed by atoms with van der Waals surface area (Å²) in [7, 11) is 0. The number of halogens is 1. The molecule has 168 valence electrons. The maximum atomic E-state index is 13.3. The monoisotopic (exact) mass is 502 g/mol. The minimum Gasteiger partial charge on any atom is -0.319 e. The van der Waals surface area contributed by atoms with Crippen LogP contribution in [0.1, 0.15) is 52.6 Å². The standard InChI is InChI=1S/C27H27BrN4O/c1-16(2)22-15-21(28)11-12-23(22)29-27(33)25-30-26(20-8-6-7-17(3)13-20)32(31-25)24-14-18(4)9-10-19(24)5/h6-16H,1-5H3,(H,29,33). The molecular formula is C27H27BrN4O. The molecule has 1 aromatic heterocycles. The average molecular weight is 503 g/mol. The van der Waals surface area contributed by atoms with E-state index < -0.39 is 0 Å². The van der Waals surface area contributed by atoms with Gasteiger partial charge in [-0.2, -0.15) is 0 Å². The van der Waals surface area contributed by atoms with Gasteiger partial charge in [0.15, 0.2) is 5.82 Å². The van der Waals surface area contributed by atoms with Gasteiger partial charge in [0.25, 0.3) is 5.91 Å². The van der Waals surface area contributed by atoms with Crippen LogP contribution < -0.4 is 5.32 Å². The van der Waals surface area contributed by atoms with Crippen LogP contribution in [0.3, 0.4) is 0 Å². The number of anilines is 1. The number of carbonyl (C=O) groups is 1. The van der Waals surface area contributed by atoms with E-state index >= 15 is 0 Å². The third kappa shape index (κ3) is 4.91. The molecule has 0 atom stereocenters. The highest BCUT2D eigenvalue weighted by molar-refractivity contribution is 9.10. The zero-order valence-corrected chi connectivity index (χ0v) is 21.1. The number of rotatable bonds is 5. The van der Waals surface area contributed by atoms with E-state index in [4.69, 9.17) is 0 Å². The van der Waals surface area contributed by atoms with E-state index in [2.05, 4.69) is 69.4 Å². The highest BCUT2D eigenvalue weighted by atomic mass is 79.9. The van der Waals surface area contributed by atoms with E-state index in [1.807, 2.05) is 57.2 Å². The van der Waals surface area contributed by atoms with Crippen molar-refractivity contribution in [3.63, 3.8) is 0 Å². The molecule has 3 aromatic carbocycles. The van der Waals surface area contributed by atoms with Crippen LogP contribution in [-0.2, 0) is 0 Å². The van der Waals surface area contributed by atoms with Gasteiger partial charge in [0.1, 0.15) is 0 Å². The summed E-state index contributed by atoms with van der Waals surface area (Å²) < 4.78 is 2.75. The Morgan fingerprint density at radius 3 is 2.45 bits per heavy atom. The molecule has 33 heavy (non-hydrogen) atoms. The van der Waals surface area contributed by atoms with Gasteiger partial charge in [0, 0.05) is 15.7 Å². The Labute approximate surface area is 203 Å². The zero-order chi connectivity index (χ0) is 23.7. The number of amides is 1. The van der Waals surface area contributed by atoms with Crippen LogP contribution in [0.5, 0.6) is 0 Å². The molecule has 0 aliphatic rings. The van der Waals surface area contributed by atoms with Gasteiger partial charge in [0.2, 0.25) is 5.82 Å². The molecule has 0 aliphatic carbocycles. The summed E-state index contributed by atoms with van der Waals surface area (Å²) in [5.41, 5.74) is 6.91. The smallest absolute Gasteiger partial charge is 0.295 e. The predicted molar refractivity (Wildman–Crippen MR) is 137 cm³/mol. The van der Waals surface area contributed by atoms with E-state index in [1.54, 1.807) is 4.68 Å². The van der Waals surface area contributed by atoms with Crippen molar-refractivity contribution < 1.29 is 4.79 Å². The highest BCUT2D eigenvalue weighted by Gasteiger charge is 2.21. The van der Waals surface area contributed by atoms with Crippen LogP contribution >= 0.6 is 15.9 Å². The summed E-state index contributed by atoms with van der Waals surface area (Å²) in [5, 5.41) is 7.68. The molecule has 4 aromatic rings. The molecule has 0 saturated heterocycles. The molecule has 0 saturated carbocycles. The van der Waals surface area contributed by atoms with Crippen molar-refractivity contribution in [1.29, 1.82) is 0 Å². The minimum atomic E-state index is -0.336. The van der Waals surface area contributed by atoms with Crippen LogP contribution in [0.2, 0.25) is 0 Å². The third-order valence-corrected chi connectivity index (χ3v) is 6.06. The Kier molecular flexibility index (Phi) is 6.47. The number of aromatic nitrogens is 3. The first-order chi connectivity index (χ1) is 15.7. The van der Waals surface area contributed by atoms with Crippen LogP contribution in [0.15, 0.2) is 65.1 Å². The van der Waals surface area contributed by atoms with E-state index in [-0.39, 0.29) is 17.6 Å². The van der Waals surface area contributed by atoms with Gasteiger partial charge < -0.3 is 5.32 Å². The number of hydrogen-bond donors (Lipinski definition) is 1. The van der Waals surface area contributed by atoms with Crippen molar-refractivity contribution in [2.24, 2.45) is 0 Å². The molecule has 5 nitrogen and oxygen atoms in total. The molecule has 4 rings (SSSR count). The molecular weight excluding hydrogens is 476 g/mol. The van der Waals surface area contributed by atoms with E-state index in [0.29, 0.717) is 5.82 Å². The van der Waals surface area contributed by atoms with E-state index in [1.165, 1.54) is 0 Å². The highest BCUT2D eigenvalue weighted by Crippen LogP contribution is 2.29. The normalized spacial score (nSPS) is 11.1. The molecule has 0 unspecified atom stereocenters. The molecule has 6 heteroatoms. The number of nitrogens with one attached hydrogen (secondary N) is 1. The molecule has 0 radical (unpaired) electrons. The molecule has 0 aliphatic heterocycles. The third-order valence-electron chi connectivity index (χ3n) is 5.56. The van der Waals surface area contributed by atoms with Gasteiger partial charge in [0.05, 0.1) is 5.69 Å². The zero-order valence-electron chi connectivity index (χ0n) is 19.5. The fourth-order valence-corrected chi connectivity index (χ4v) is 4.18. The second kappa shape index (κ2) is 9.32. The minimum absolute atomic E-state index is 0.130. The summed E-state index contributed by atoms with van der Waals surface area (Å²) in [4.78, 5) is 17.9. The largest absolute Gasteiger partial charge is 0.319 e. The maximum Gasteiger partial charge on any atom is 0.295 e. The number of benzene rings is 3. The Balaban J connectivity index is 1.80. The van der Waals surface area contributed by atoms with Crippen LogP contribution in [0.25, 0.3) is 17.1 Å². The van der Waals surface area contributed by atoms with Crippen molar-refractivity contribution >= 4 is 27.5 Å². The fraction of sp³-hybridized carbons (Fsp3) is 0.222. The summed E-state index contributed by atoms with van der Waals surface area (Å²) in [6.07, 6.45) is 0. The van der Waals surface area contributed by atoms with Gasteiger partial charge in [-0.1, -0.05) is 65.7 Å². The fourth-order valence-electron chi connectivity index (χ4n) is 3.80. The van der Waals surface area contributed by atoms with Gasteiger partial charge in [-0.15, -0.1) is 5.10 Å². The molecule has 1 heterocycles. The maximum absolute atomic E-state index is 13.3. The Morgan fingerprint density at radius 1 is 0.970 bits per heavy atom. The average Bonchev–Trinajstić information content (AvgIpc) is 3.22. The Hall–Kier alpha value is -3.25. The van der Waals surface area contributed by atoms with Gasteiger partial charge >= 0.3 is 0 Å². The van der Waals surface area contributed by atoms with Crippen molar-refractivity contribution in [3.05, 3.63) is 93.2 Å². The van der Waals surface area contributed by atoms with Gasteiger partial charge in [-0.05, 0) is 73.7 Å². The second-order valence-electron chi connectivity index (χ2n) is 8.67. The number of nitrogens with zero attached hydrogens (tertiary/aromatic N) is 3. The number of carbonyl (C=O) groups excluding carboxylic acids is 1. The van der Waals surface area contributed by atoms with Crippen LogP contribution in [-0.4, -0.2) is 20.7 Å².